The monoisotopic (exact) mass is 296 g/mol. The Kier molecular flexibility index (Phi) is 3.92. The van der Waals surface area contributed by atoms with Crippen LogP contribution in [-0.2, 0) is 6.42 Å². The van der Waals surface area contributed by atoms with Crippen molar-refractivity contribution in [2.45, 2.75) is 13.3 Å². The van der Waals surface area contributed by atoms with Crippen LogP contribution in [0.1, 0.15) is 18.1 Å². The van der Waals surface area contributed by atoms with Gasteiger partial charge < -0.3 is 10.5 Å². The Balaban J connectivity index is 2.05. The number of aromatic nitrogens is 1. The van der Waals surface area contributed by atoms with Gasteiger partial charge in [-0.2, -0.15) is 0 Å². The van der Waals surface area contributed by atoms with Crippen molar-refractivity contribution in [1.82, 2.24) is 4.98 Å². The van der Waals surface area contributed by atoms with Crippen molar-refractivity contribution in [1.29, 1.82) is 0 Å². The van der Waals surface area contributed by atoms with E-state index in [-0.39, 0.29) is 5.82 Å². The van der Waals surface area contributed by atoms with Gasteiger partial charge in [0.25, 0.3) is 0 Å². The molecule has 112 valence electrons. The normalized spacial score (nSPS) is 10.8. The number of anilines is 1. The van der Waals surface area contributed by atoms with Crippen LogP contribution in [0, 0.1) is 5.82 Å². The Morgan fingerprint density at radius 2 is 1.95 bits per heavy atom. The van der Waals surface area contributed by atoms with Crippen LogP contribution in [0.5, 0.6) is 5.75 Å². The molecule has 0 fully saturated rings. The highest BCUT2D eigenvalue weighted by Crippen LogP contribution is 2.27. The molecule has 0 saturated carbocycles. The van der Waals surface area contributed by atoms with Crippen LogP contribution in [0.25, 0.3) is 10.9 Å². The Hall–Kier alpha value is -2.62. The first-order valence-electron chi connectivity index (χ1n) is 7.23. The van der Waals surface area contributed by atoms with Crippen molar-refractivity contribution >= 4 is 16.7 Å². The van der Waals surface area contributed by atoms with Crippen molar-refractivity contribution < 1.29 is 9.13 Å². The molecule has 0 saturated heterocycles. The molecule has 2 aromatic carbocycles. The molecule has 0 aliphatic carbocycles. The number of hydrogen-bond acceptors (Lipinski definition) is 3. The summed E-state index contributed by atoms with van der Waals surface area (Å²) in [7, 11) is 0. The standard InChI is InChI=1S/C18H17FN2O/c1-2-22-17-9-5-7-15(19)14(17)11-13-10-12-6-3-4-8-16(12)21-18(13)20/h3-10H,2,11H2,1H3,(H2,20,21). The topological polar surface area (TPSA) is 48.1 Å². The summed E-state index contributed by atoms with van der Waals surface area (Å²) in [5.41, 5.74) is 8.17. The molecule has 0 bridgehead atoms. The van der Waals surface area contributed by atoms with Crippen LogP contribution in [0.3, 0.4) is 0 Å². The SMILES string of the molecule is CCOc1cccc(F)c1Cc1cc2ccccc2nc1N. The van der Waals surface area contributed by atoms with Crippen molar-refractivity contribution in [3.63, 3.8) is 0 Å². The van der Waals surface area contributed by atoms with Crippen LogP contribution in [0.15, 0.2) is 48.5 Å². The molecule has 0 spiro atoms. The minimum absolute atomic E-state index is 0.293. The van der Waals surface area contributed by atoms with E-state index in [0.29, 0.717) is 30.2 Å². The van der Waals surface area contributed by atoms with Gasteiger partial charge in [-0.1, -0.05) is 24.3 Å². The minimum Gasteiger partial charge on any atom is -0.493 e. The van der Waals surface area contributed by atoms with Crippen molar-refractivity contribution in [3.8, 4) is 5.75 Å². The number of pyridine rings is 1. The predicted octanol–water partition coefficient (Wildman–Crippen LogP) is 3.95. The number of hydrogen-bond donors (Lipinski definition) is 1. The average Bonchev–Trinajstić information content (AvgIpc) is 2.51. The molecule has 0 atom stereocenters. The first kappa shape index (κ1) is 14.3. The van der Waals surface area contributed by atoms with E-state index in [4.69, 9.17) is 10.5 Å². The zero-order valence-electron chi connectivity index (χ0n) is 12.3. The zero-order chi connectivity index (χ0) is 15.5. The maximum absolute atomic E-state index is 14.2. The van der Waals surface area contributed by atoms with E-state index >= 15 is 0 Å². The average molecular weight is 296 g/mol. The van der Waals surface area contributed by atoms with Crippen molar-refractivity contribution in [3.05, 3.63) is 65.5 Å². The van der Waals surface area contributed by atoms with Crippen LogP contribution in [0.4, 0.5) is 10.2 Å². The summed E-state index contributed by atoms with van der Waals surface area (Å²) >= 11 is 0. The van der Waals surface area contributed by atoms with Gasteiger partial charge in [0.1, 0.15) is 17.4 Å². The summed E-state index contributed by atoms with van der Waals surface area (Å²) in [4.78, 5) is 4.39. The van der Waals surface area contributed by atoms with Gasteiger partial charge in [-0.25, -0.2) is 9.37 Å². The van der Waals surface area contributed by atoms with Gasteiger partial charge in [0.15, 0.2) is 0 Å². The number of nitrogen functional groups attached to an aromatic ring is 1. The van der Waals surface area contributed by atoms with E-state index in [2.05, 4.69) is 4.98 Å². The van der Waals surface area contributed by atoms with E-state index in [1.54, 1.807) is 12.1 Å². The molecule has 2 N–H and O–H groups in total. The fraction of sp³-hybridized carbons (Fsp3) is 0.167. The number of fused-ring (bicyclic) bond motifs is 1. The highest BCUT2D eigenvalue weighted by atomic mass is 19.1. The lowest BCUT2D eigenvalue weighted by Gasteiger charge is -2.12. The van der Waals surface area contributed by atoms with E-state index in [1.165, 1.54) is 6.07 Å². The zero-order valence-corrected chi connectivity index (χ0v) is 12.3. The van der Waals surface area contributed by atoms with Gasteiger partial charge in [0, 0.05) is 17.4 Å². The summed E-state index contributed by atoms with van der Waals surface area (Å²) < 4.78 is 19.7. The molecule has 22 heavy (non-hydrogen) atoms. The molecule has 4 heteroatoms. The number of nitrogens with two attached hydrogens (primary N) is 1. The van der Waals surface area contributed by atoms with Gasteiger partial charge >= 0.3 is 0 Å². The third-order valence-electron chi connectivity index (χ3n) is 3.58. The summed E-state index contributed by atoms with van der Waals surface area (Å²) in [5, 5.41) is 0.987. The van der Waals surface area contributed by atoms with Gasteiger partial charge in [0.05, 0.1) is 12.1 Å². The van der Waals surface area contributed by atoms with Crippen LogP contribution >= 0.6 is 0 Å². The van der Waals surface area contributed by atoms with E-state index < -0.39 is 0 Å². The summed E-state index contributed by atoms with van der Waals surface area (Å²) in [6.45, 7) is 2.36. The van der Waals surface area contributed by atoms with E-state index in [9.17, 15) is 4.39 Å². The predicted molar refractivity (Wildman–Crippen MR) is 86.5 cm³/mol. The van der Waals surface area contributed by atoms with Crippen LogP contribution in [0.2, 0.25) is 0 Å². The largest absolute Gasteiger partial charge is 0.493 e. The summed E-state index contributed by atoms with van der Waals surface area (Å²) in [6, 6.07) is 14.5. The molecule has 0 radical (unpaired) electrons. The molecule has 0 aliphatic heterocycles. The quantitative estimate of drug-likeness (QED) is 0.793. The molecule has 3 aromatic rings. The Morgan fingerprint density at radius 3 is 2.77 bits per heavy atom. The fourth-order valence-electron chi connectivity index (χ4n) is 2.51. The second kappa shape index (κ2) is 6.02. The summed E-state index contributed by atoms with van der Waals surface area (Å²) in [6.07, 6.45) is 0.353. The lowest BCUT2D eigenvalue weighted by Crippen LogP contribution is -2.04. The smallest absolute Gasteiger partial charge is 0.130 e. The van der Waals surface area contributed by atoms with Crippen molar-refractivity contribution in [2.24, 2.45) is 0 Å². The summed E-state index contributed by atoms with van der Waals surface area (Å²) in [5.74, 6) is 0.679. The Labute approximate surface area is 128 Å². The van der Waals surface area contributed by atoms with Crippen LogP contribution < -0.4 is 10.5 Å². The first-order valence-corrected chi connectivity index (χ1v) is 7.23. The molecule has 3 nitrogen and oxygen atoms in total. The second-order valence-electron chi connectivity index (χ2n) is 5.05. The Morgan fingerprint density at radius 1 is 1.14 bits per heavy atom. The van der Waals surface area contributed by atoms with Gasteiger partial charge in [-0.15, -0.1) is 0 Å². The molecule has 3 rings (SSSR count). The third kappa shape index (κ3) is 2.72. The third-order valence-corrected chi connectivity index (χ3v) is 3.58. The maximum atomic E-state index is 14.2. The fourth-order valence-corrected chi connectivity index (χ4v) is 2.51. The number of benzene rings is 2. The molecule has 0 aliphatic rings. The van der Waals surface area contributed by atoms with Crippen molar-refractivity contribution in [2.75, 3.05) is 12.3 Å². The lowest BCUT2D eigenvalue weighted by atomic mass is 10.0. The highest BCUT2D eigenvalue weighted by Gasteiger charge is 2.13. The van der Waals surface area contributed by atoms with Gasteiger partial charge in [-0.3, -0.25) is 0 Å². The van der Waals surface area contributed by atoms with Crippen LogP contribution in [-0.4, -0.2) is 11.6 Å². The number of ether oxygens (including phenoxy) is 1. The van der Waals surface area contributed by atoms with E-state index in [1.807, 2.05) is 37.3 Å². The maximum Gasteiger partial charge on any atom is 0.130 e. The lowest BCUT2D eigenvalue weighted by molar-refractivity contribution is 0.334. The van der Waals surface area contributed by atoms with Gasteiger partial charge in [0.2, 0.25) is 0 Å². The molecule has 1 aromatic heterocycles. The molecule has 0 unspecified atom stereocenters. The number of halogens is 1. The van der Waals surface area contributed by atoms with E-state index in [0.717, 1.165) is 16.5 Å². The molecule has 0 amide bonds. The first-order chi connectivity index (χ1) is 10.7. The molecule has 1 heterocycles. The molecular weight excluding hydrogens is 279 g/mol. The molecular formula is C18H17FN2O. The number of nitrogens with zero attached hydrogens (tertiary/aromatic N) is 1. The second-order valence-corrected chi connectivity index (χ2v) is 5.05. The Bertz CT molecular complexity index is 817. The highest BCUT2D eigenvalue weighted by molar-refractivity contribution is 5.81. The minimum atomic E-state index is -0.293. The number of para-hydroxylation sites is 1. The number of rotatable bonds is 4. The van der Waals surface area contributed by atoms with Gasteiger partial charge in [-0.05, 0) is 36.8 Å².